The van der Waals surface area contributed by atoms with Crippen LogP contribution < -0.4 is 10.9 Å². The number of fused-ring (bicyclic) bond motifs is 1. The third-order valence-electron chi connectivity index (χ3n) is 5.41. The first-order chi connectivity index (χ1) is 11.5. The van der Waals surface area contributed by atoms with E-state index in [4.69, 9.17) is 0 Å². The standard InChI is InChI=1S/C19H25N3O2/c1-4-22-19(24)15-10-6-5-9-14(15)17(21-22)18(23)20-16-11-7-8-12(2)13(16)3/h5-6,9-10,12-13,16H,4,7-8,11H2,1-3H3,(H,20,23)/t12-,13-,16-/m1/s1. The van der Waals surface area contributed by atoms with Crippen molar-refractivity contribution >= 4 is 16.7 Å². The third-order valence-corrected chi connectivity index (χ3v) is 5.41. The van der Waals surface area contributed by atoms with Crippen molar-refractivity contribution in [2.24, 2.45) is 11.8 Å². The van der Waals surface area contributed by atoms with E-state index < -0.39 is 0 Å². The number of hydrogen-bond donors (Lipinski definition) is 1. The monoisotopic (exact) mass is 327 g/mol. The number of rotatable bonds is 3. The lowest BCUT2D eigenvalue weighted by molar-refractivity contribution is 0.0885. The Hall–Kier alpha value is -2.17. The molecule has 3 rings (SSSR count). The number of carbonyl (C=O) groups excluding carboxylic acids is 1. The number of aryl methyl sites for hydroxylation is 1. The summed E-state index contributed by atoms with van der Waals surface area (Å²) in [7, 11) is 0. The molecular weight excluding hydrogens is 302 g/mol. The first-order valence-corrected chi connectivity index (χ1v) is 8.83. The second-order valence-corrected chi connectivity index (χ2v) is 6.86. The number of hydrogen-bond acceptors (Lipinski definition) is 3. The van der Waals surface area contributed by atoms with E-state index in [0.29, 0.717) is 34.8 Å². The van der Waals surface area contributed by atoms with E-state index in [1.807, 2.05) is 19.1 Å². The minimum absolute atomic E-state index is 0.149. The number of nitrogens with one attached hydrogen (secondary N) is 1. The molecule has 24 heavy (non-hydrogen) atoms. The SMILES string of the molecule is CCn1nc(C(=O)N[C@@H]2CCC[C@@H](C)[C@H]2C)c2ccccc2c1=O. The zero-order valence-corrected chi connectivity index (χ0v) is 14.6. The quantitative estimate of drug-likeness (QED) is 0.942. The van der Waals surface area contributed by atoms with Gasteiger partial charge in [0.1, 0.15) is 0 Å². The average molecular weight is 327 g/mol. The predicted molar refractivity (Wildman–Crippen MR) is 95.1 cm³/mol. The third kappa shape index (κ3) is 2.95. The van der Waals surface area contributed by atoms with Gasteiger partial charge in [-0.25, -0.2) is 4.68 Å². The molecule has 0 spiro atoms. The van der Waals surface area contributed by atoms with Gasteiger partial charge in [-0.1, -0.05) is 44.9 Å². The van der Waals surface area contributed by atoms with Crippen LogP contribution in [0.5, 0.6) is 0 Å². The molecular formula is C19H25N3O2. The van der Waals surface area contributed by atoms with Crippen LogP contribution in [-0.4, -0.2) is 21.7 Å². The summed E-state index contributed by atoms with van der Waals surface area (Å²) in [6, 6.07) is 7.38. The Balaban J connectivity index is 1.98. The highest BCUT2D eigenvalue weighted by Crippen LogP contribution is 2.29. The Labute approximate surface area is 142 Å². The van der Waals surface area contributed by atoms with Crippen molar-refractivity contribution in [2.75, 3.05) is 0 Å². The molecule has 1 aliphatic carbocycles. The summed E-state index contributed by atoms with van der Waals surface area (Å²) in [6.45, 7) is 6.75. The van der Waals surface area contributed by atoms with Crippen molar-refractivity contribution in [1.82, 2.24) is 15.1 Å². The van der Waals surface area contributed by atoms with Crippen LogP contribution >= 0.6 is 0 Å². The molecule has 1 aromatic carbocycles. The van der Waals surface area contributed by atoms with E-state index in [0.717, 1.165) is 12.8 Å². The molecule has 1 fully saturated rings. The van der Waals surface area contributed by atoms with Gasteiger partial charge in [0.2, 0.25) is 0 Å². The first kappa shape index (κ1) is 16.7. The number of amides is 1. The summed E-state index contributed by atoms with van der Waals surface area (Å²) in [4.78, 5) is 25.3. The molecule has 1 heterocycles. The number of nitrogens with zero attached hydrogens (tertiary/aromatic N) is 2. The van der Waals surface area contributed by atoms with E-state index in [2.05, 4.69) is 24.3 Å². The molecule has 2 aromatic rings. The van der Waals surface area contributed by atoms with Crippen molar-refractivity contribution in [1.29, 1.82) is 0 Å². The summed E-state index contributed by atoms with van der Waals surface area (Å²) in [6.07, 6.45) is 3.36. The van der Waals surface area contributed by atoms with Crippen molar-refractivity contribution in [2.45, 2.75) is 52.6 Å². The van der Waals surface area contributed by atoms with Gasteiger partial charge in [-0.15, -0.1) is 0 Å². The predicted octanol–water partition coefficient (Wildman–Crippen LogP) is 2.97. The van der Waals surface area contributed by atoms with Crippen LogP contribution in [0.4, 0.5) is 0 Å². The molecule has 3 atom stereocenters. The maximum Gasteiger partial charge on any atom is 0.274 e. The molecule has 128 valence electrons. The molecule has 0 unspecified atom stereocenters. The van der Waals surface area contributed by atoms with Gasteiger partial charge in [-0.3, -0.25) is 9.59 Å². The topological polar surface area (TPSA) is 64.0 Å². The van der Waals surface area contributed by atoms with Crippen molar-refractivity contribution in [3.05, 3.63) is 40.3 Å². The molecule has 0 aliphatic heterocycles. The fourth-order valence-corrected chi connectivity index (χ4v) is 3.64. The van der Waals surface area contributed by atoms with E-state index >= 15 is 0 Å². The first-order valence-electron chi connectivity index (χ1n) is 8.83. The number of aromatic nitrogens is 2. The van der Waals surface area contributed by atoms with Crippen LogP contribution in [0.3, 0.4) is 0 Å². The van der Waals surface area contributed by atoms with Gasteiger partial charge in [0.25, 0.3) is 11.5 Å². The lowest BCUT2D eigenvalue weighted by Gasteiger charge is -2.34. The molecule has 1 saturated carbocycles. The zero-order valence-electron chi connectivity index (χ0n) is 14.6. The smallest absolute Gasteiger partial charge is 0.274 e. The summed E-state index contributed by atoms with van der Waals surface area (Å²) in [5.74, 6) is 0.878. The molecule has 5 nitrogen and oxygen atoms in total. The summed E-state index contributed by atoms with van der Waals surface area (Å²) in [5, 5.41) is 8.65. The Bertz CT molecular complexity index is 812. The zero-order chi connectivity index (χ0) is 17.3. The van der Waals surface area contributed by atoms with Crippen LogP contribution in [0.15, 0.2) is 29.1 Å². The van der Waals surface area contributed by atoms with E-state index in [1.165, 1.54) is 11.1 Å². The van der Waals surface area contributed by atoms with Gasteiger partial charge < -0.3 is 5.32 Å². The molecule has 1 amide bonds. The maximum atomic E-state index is 12.9. The number of carbonyl (C=O) groups is 1. The fraction of sp³-hybridized carbons (Fsp3) is 0.526. The summed E-state index contributed by atoms with van der Waals surface area (Å²) < 4.78 is 1.37. The van der Waals surface area contributed by atoms with Crippen LogP contribution in [0.2, 0.25) is 0 Å². The van der Waals surface area contributed by atoms with Crippen molar-refractivity contribution < 1.29 is 4.79 Å². The summed E-state index contributed by atoms with van der Waals surface area (Å²) in [5.41, 5.74) is 0.196. The Morgan fingerprint density at radius 3 is 2.67 bits per heavy atom. The largest absolute Gasteiger partial charge is 0.348 e. The highest BCUT2D eigenvalue weighted by Gasteiger charge is 2.29. The molecule has 1 aromatic heterocycles. The van der Waals surface area contributed by atoms with Crippen molar-refractivity contribution in [3.63, 3.8) is 0 Å². The second-order valence-electron chi connectivity index (χ2n) is 6.86. The van der Waals surface area contributed by atoms with E-state index in [9.17, 15) is 9.59 Å². The van der Waals surface area contributed by atoms with E-state index in [-0.39, 0.29) is 17.5 Å². The highest BCUT2D eigenvalue weighted by atomic mass is 16.2. The van der Waals surface area contributed by atoms with Crippen LogP contribution in [-0.2, 0) is 6.54 Å². The van der Waals surface area contributed by atoms with Gasteiger partial charge in [0.05, 0.1) is 5.39 Å². The highest BCUT2D eigenvalue weighted by molar-refractivity contribution is 6.04. The van der Waals surface area contributed by atoms with Gasteiger partial charge in [0, 0.05) is 18.0 Å². The molecule has 1 N–H and O–H groups in total. The van der Waals surface area contributed by atoms with Crippen LogP contribution in [0, 0.1) is 11.8 Å². The lowest BCUT2D eigenvalue weighted by atomic mass is 9.78. The Kier molecular flexibility index (Phi) is 4.69. The number of benzene rings is 1. The van der Waals surface area contributed by atoms with Crippen LogP contribution in [0.1, 0.15) is 50.5 Å². The van der Waals surface area contributed by atoms with Crippen molar-refractivity contribution in [3.8, 4) is 0 Å². The Morgan fingerprint density at radius 2 is 1.96 bits per heavy atom. The van der Waals surface area contributed by atoms with Gasteiger partial charge in [-0.2, -0.15) is 5.10 Å². The van der Waals surface area contributed by atoms with Gasteiger partial charge in [0.15, 0.2) is 5.69 Å². The lowest BCUT2D eigenvalue weighted by Crippen LogP contribution is -2.44. The average Bonchev–Trinajstić information content (AvgIpc) is 2.59. The molecule has 0 bridgehead atoms. The summed E-state index contributed by atoms with van der Waals surface area (Å²) >= 11 is 0. The Morgan fingerprint density at radius 1 is 1.25 bits per heavy atom. The minimum Gasteiger partial charge on any atom is -0.348 e. The molecule has 1 aliphatic rings. The van der Waals surface area contributed by atoms with Gasteiger partial charge in [-0.05, 0) is 31.2 Å². The van der Waals surface area contributed by atoms with E-state index in [1.54, 1.807) is 12.1 Å². The fourth-order valence-electron chi connectivity index (χ4n) is 3.64. The minimum atomic E-state index is -0.181. The molecule has 0 radical (unpaired) electrons. The molecule has 0 saturated heterocycles. The normalized spacial score (nSPS) is 24.0. The maximum absolute atomic E-state index is 12.9. The van der Waals surface area contributed by atoms with Gasteiger partial charge >= 0.3 is 0 Å². The molecule has 5 heteroatoms. The van der Waals surface area contributed by atoms with Crippen LogP contribution in [0.25, 0.3) is 10.8 Å². The second kappa shape index (κ2) is 6.75.